The van der Waals surface area contributed by atoms with E-state index < -0.39 is 5.82 Å². The van der Waals surface area contributed by atoms with Crippen molar-refractivity contribution in [1.29, 1.82) is 0 Å². The predicted octanol–water partition coefficient (Wildman–Crippen LogP) is 4.42. The topological polar surface area (TPSA) is 88.9 Å². The van der Waals surface area contributed by atoms with Crippen LogP contribution in [0.15, 0.2) is 58.2 Å². The van der Waals surface area contributed by atoms with Crippen LogP contribution in [0.5, 0.6) is 0 Å². The molecule has 31 heavy (non-hydrogen) atoms. The van der Waals surface area contributed by atoms with E-state index in [1.54, 1.807) is 24.3 Å². The Morgan fingerprint density at radius 2 is 1.97 bits per heavy atom. The van der Waals surface area contributed by atoms with Crippen LogP contribution in [0.4, 0.5) is 10.1 Å². The van der Waals surface area contributed by atoms with Gasteiger partial charge in [0.2, 0.25) is 5.91 Å². The number of benzene rings is 2. The first-order valence-corrected chi connectivity index (χ1v) is 11.3. The number of carbonyl (C=O) groups excluding carboxylic acids is 2. The van der Waals surface area contributed by atoms with Crippen molar-refractivity contribution in [2.45, 2.75) is 31.6 Å². The van der Waals surface area contributed by atoms with Gasteiger partial charge < -0.3 is 15.2 Å². The second-order valence-electron chi connectivity index (χ2n) is 6.61. The fourth-order valence-electron chi connectivity index (χ4n) is 2.90. The molecule has 10 heteroatoms. The lowest BCUT2D eigenvalue weighted by atomic mass is 10.2. The van der Waals surface area contributed by atoms with Gasteiger partial charge in [0.05, 0.1) is 17.4 Å². The van der Waals surface area contributed by atoms with Crippen molar-refractivity contribution in [1.82, 2.24) is 20.1 Å². The third-order valence-corrected chi connectivity index (χ3v) is 6.01. The van der Waals surface area contributed by atoms with Crippen LogP contribution >= 0.6 is 27.7 Å². The lowest BCUT2D eigenvalue weighted by Crippen LogP contribution is -2.29. The Hall–Kier alpha value is -2.72. The lowest BCUT2D eigenvalue weighted by Gasteiger charge is -2.15. The van der Waals surface area contributed by atoms with Crippen LogP contribution in [0, 0.1) is 5.82 Å². The Morgan fingerprint density at radius 1 is 1.19 bits per heavy atom. The van der Waals surface area contributed by atoms with E-state index in [0.717, 1.165) is 0 Å². The van der Waals surface area contributed by atoms with E-state index in [1.165, 1.54) is 30.0 Å². The summed E-state index contributed by atoms with van der Waals surface area (Å²) in [5, 5.41) is 14.5. The minimum absolute atomic E-state index is 0.0896. The summed E-state index contributed by atoms with van der Waals surface area (Å²) in [6, 6.07) is 12.5. The maximum atomic E-state index is 13.3. The quantitative estimate of drug-likeness (QED) is 0.442. The van der Waals surface area contributed by atoms with E-state index in [1.807, 2.05) is 24.5 Å². The fourth-order valence-corrected chi connectivity index (χ4v) is 4.18. The molecular formula is C21H21BrFN5O2S. The zero-order valence-corrected chi connectivity index (χ0v) is 19.3. The highest BCUT2D eigenvalue weighted by Crippen LogP contribution is 2.22. The standard InChI is InChI=1S/C21H21BrFN5O2S/c1-3-28-19(13(2)24-20(30)16-9-4-5-10-17(16)22)26-27-21(28)31-12-18(29)25-15-8-6-7-14(23)11-15/h4-11,13H,3,12H2,1-2H3,(H,24,30)(H,25,29). The molecule has 0 aliphatic rings. The van der Waals surface area contributed by atoms with Crippen LogP contribution in [0.3, 0.4) is 0 Å². The Balaban J connectivity index is 1.63. The summed E-state index contributed by atoms with van der Waals surface area (Å²) in [5.41, 5.74) is 0.923. The van der Waals surface area contributed by atoms with Crippen molar-refractivity contribution < 1.29 is 14.0 Å². The number of hydrogen-bond acceptors (Lipinski definition) is 5. The van der Waals surface area contributed by atoms with Crippen LogP contribution in [-0.4, -0.2) is 32.3 Å². The number of halogens is 2. The van der Waals surface area contributed by atoms with Gasteiger partial charge in [-0.3, -0.25) is 9.59 Å². The number of amides is 2. The van der Waals surface area contributed by atoms with Gasteiger partial charge in [-0.2, -0.15) is 0 Å². The van der Waals surface area contributed by atoms with Crippen LogP contribution in [0.1, 0.15) is 36.1 Å². The third-order valence-electron chi connectivity index (χ3n) is 4.36. The molecule has 2 N–H and O–H groups in total. The first kappa shape index (κ1) is 23.0. The van der Waals surface area contributed by atoms with Crippen molar-refractivity contribution >= 4 is 45.2 Å². The first-order chi connectivity index (χ1) is 14.9. The molecule has 2 amide bonds. The molecule has 1 atom stereocenters. The van der Waals surface area contributed by atoms with Crippen molar-refractivity contribution in [3.05, 3.63) is 70.2 Å². The predicted molar refractivity (Wildman–Crippen MR) is 121 cm³/mol. The molecule has 162 valence electrons. The molecule has 0 radical (unpaired) electrons. The molecule has 1 unspecified atom stereocenters. The molecule has 0 fully saturated rings. The van der Waals surface area contributed by atoms with E-state index in [2.05, 4.69) is 36.8 Å². The van der Waals surface area contributed by atoms with Gasteiger partial charge in [0.25, 0.3) is 5.91 Å². The Labute approximate surface area is 192 Å². The van der Waals surface area contributed by atoms with Gasteiger partial charge in [0.1, 0.15) is 5.82 Å². The van der Waals surface area contributed by atoms with E-state index in [4.69, 9.17) is 0 Å². The highest BCUT2D eigenvalue weighted by Gasteiger charge is 2.21. The summed E-state index contributed by atoms with van der Waals surface area (Å²) < 4.78 is 15.8. The first-order valence-electron chi connectivity index (χ1n) is 9.55. The zero-order valence-electron chi connectivity index (χ0n) is 16.9. The fraction of sp³-hybridized carbons (Fsp3) is 0.238. The summed E-state index contributed by atoms with van der Waals surface area (Å²) in [6.45, 7) is 4.34. The van der Waals surface area contributed by atoms with Gasteiger partial charge in [0.15, 0.2) is 11.0 Å². The number of rotatable bonds is 8. The average Bonchev–Trinajstić information content (AvgIpc) is 3.15. The van der Waals surface area contributed by atoms with Crippen molar-refractivity contribution in [2.24, 2.45) is 0 Å². The van der Waals surface area contributed by atoms with Gasteiger partial charge in [0, 0.05) is 16.7 Å². The number of aromatic nitrogens is 3. The van der Waals surface area contributed by atoms with Gasteiger partial charge >= 0.3 is 0 Å². The molecule has 2 aromatic carbocycles. The van der Waals surface area contributed by atoms with Gasteiger partial charge in [-0.15, -0.1) is 10.2 Å². The van der Waals surface area contributed by atoms with E-state index in [0.29, 0.717) is 33.2 Å². The molecule has 1 heterocycles. The monoisotopic (exact) mass is 505 g/mol. The lowest BCUT2D eigenvalue weighted by molar-refractivity contribution is -0.113. The van der Waals surface area contributed by atoms with Gasteiger partial charge in [-0.1, -0.05) is 30.0 Å². The molecule has 3 rings (SSSR count). The normalized spacial score (nSPS) is 11.7. The van der Waals surface area contributed by atoms with Crippen LogP contribution in [0.25, 0.3) is 0 Å². The van der Waals surface area contributed by atoms with Crippen LogP contribution < -0.4 is 10.6 Å². The summed E-state index contributed by atoms with van der Waals surface area (Å²) in [5.74, 6) is -0.241. The number of carbonyl (C=O) groups is 2. The minimum atomic E-state index is -0.417. The summed E-state index contributed by atoms with van der Waals surface area (Å²) in [4.78, 5) is 24.8. The smallest absolute Gasteiger partial charge is 0.253 e. The molecule has 0 spiro atoms. The molecule has 0 saturated carbocycles. The highest BCUT2D eigenvalue weighted by atomic mass is 79.9. The highest BCUT2D eigenvalue weighted by molar-refractivity contribution is 9.10. The van der Waals surface area contributed by atoms with E-state index in [9.17, 15) is 14.0 Å². The Bertz CT molecular complexity index is 1090. The number of nitrogens with one attached hydrogen (secondary N) is 2. The molecule has 0 aliphatic heterocycles. The average molecular weight is 506 g/mol. The molecule has 3 aromatic rings. The molecule has 1 aromatic heterocycles. The zero-order chi connectivity index (χ0) is 22.4. The molecular weight excluding hydrogens is 485 g/mol. The third kappa shape index (κ3) is 5.92. The van der Waals surface area contributed by atoms with Crippen molar-refractivity contribution in [3.63, 3.8) is 0 Å². The van der Waals surface area contributed by atoms with Gasteiger partial charge in [-0.25, -0.2) is 4.39 Å². The molecule has 0 bridgehead atoms. The van der Waals surface area contributed by atoms with Gasteiger partial charge in [-0.05, 0) is 60.1 Å². The number of hydrogen-bond donors (Lipinski definition) is 2. The molecule has 7 nitrogen and oxygen atoms in total. The van der Waals surface area contributed by atoms with Crippen LogP contribution in [0.2, 0.25) is 0 Å². The maximum Gasteiger partial charge on any atom is 0.253 e. The second kappa shape index (κ2) is 10.5. The maximum absolute atomic E-state index is 13.3. The number of nitrogens with zero attached hydrogens (tertiary/aromatic N) is 3. The van der Waals surface area contributed by atoms with Crippen molar-refractivity contribution in [2.75, 3.05) is 11.1 Å². The SMILES string of the molecule is CCn1c(SCC(=O)Nc2cccc(F)c2)nnc1C(C)NC(=O)c1ccccc1Br. The number of thioether (sulfide) groups is 1. The number of anilines is 1. The van der Waals surface area contributed by atoms with E-state index >= 15 is 0 Å². The minimum Gasteiger partial charge on any atom is -0.342 e. The van der Waals surface area contributed by atoms with Crippen molar-refractivity contribution in [3.8, 4) is 0 Å². The molecule has 0 aliphatic carbocycles. The second-order valence-corrected chi connectivity index (χ2v) is 8.40. The molecule has 0 saturated heterocycles. The Kier molecular flexibility index (Phi) is 7.80. The largest absolute Gasteiger partial charge is 0.342 e. The van der Waals surface area contributed by atoms with Crippen LogP contribution in [-0.2, 0) is 11.3 Å². The Morgan fingerprint density at radius 3 is 2.68 bits per heavy atom. The summed E-state index contributed by atoms with van der Waals surface area (Å²) >= 11 is 4.60. The van der Waals surface area contributed by atoms with E-state index in [-0.39, 0.29) is 23.6 Å². The summed E-state index contributed by atoms with van der Waals surface area (Å²) in [7, 11) is 0. The summed E-state index contributed by atoms with van der Waals surface area (Å²) in [6.07, 6.45) is 0.